The molecular formula is C50H95NO5. The maximum atomic E-state index is 12.5. The van der Waals surface area contributed by atoms with Gasteiger partial charge in [0.15, 0.2) is 0 Å². The van der Waals surface area contributed by atoms with Crippen LogP contribution in [0.25, 0.3) is 0 Å². The molecule has 0 heterocycles. The van der Waals surface area contributed by atoms with Gasteiger partial charge < -0.3 is 25.7 Å². The molecule has 330 valence electrons. The topological polar surface area (TPSA) is 110 Å². The zero-order valence-electron chi connectivity index (χ0n) is 37.1. The smallest absolute Gasteiger partial charge is 0.249 e. The molecule has 0 aliphatic carbocycles. The van der Waals surface area contributed by atoms with Crippen LogP contribution in [0.2, 0.25) is 0 Å². The number of carbonyl (C=O) groups excluding carboxylic acids is 1. The highest BCUT2D eigenvalue weighted by Crippen LogP contribution is 2.16. The normalized spacial score (nSPS) is 14.3. The van der Waals surface area contributed by atoms with Crippen molar-refractivity contribution < 1.29 is 25.2 Å². The molecule has 0 aromatic carbocycles. The van der Waals surface area contributed by atoms with Crippen LogP contribution in [0.15, 0.2) is 36.5 Å². The lowest BCUT2D eigenvalue weighted by molar-refractivity contribution is -0.132. The fourth-order valence-corrected chi connectivity index (χ4v) is 7.42. The first-order valence-electron chi connectivity index (χ1n) is 24.4. The summed E-state index contributed by atoms with van der Waals surface area (Å²) in [7, 11) is 0. The van der Waals surface area contributed by atoms with Gasteiger partial charge in [-0.3, -0.25) is 4.79 Å². The van der Waals surface area contributed by atoms with Crippen molar-refractivity contribution in [2.75, 3.05) is 6.61 Å². The van der Waals surface area contributed by atoms with Crippen molar-refractivity contribution >= 4 is 5.91 Å². The predicted molar refractivity (Wildman–Crippen MR) is 242 cm³/mol. The van der Waals surface area contributed by atoms with E-state index in [9.17, 15) is 25.2 Å². The van der Waals surface area contributed by atoms with Gasteiger partial charge in [-0.05, 0) is 77.0 Å². The van der Waals surface area contributed by atoms with Crippen LogP contribution in [0, 0.1) is 0 Å². The van der Waals surface area contributed by atoms with Gasteiger partial charge in [0, 0.05) is 0 Å². The van der Waals surface area contributed by atoms with Gasteiger partial charge >= 0.3 is 0 Å². The van der Waals surface area contributed by atoms with E-state index in [1.54, 1.807) is 0 Å². The molecular weight excluding hydrogens is 695 g/mol. The Balaban J connectivity index is 3.76. The molecule has 4 unspecified atom stereocenters. The average molecular weight is 790 g/mol. The number of aliphatic hydroxyl groups is 4. The van der Waals surface area contributed by atoms with Crippen LogP contribution in [0.3, 0.4) is 0 Å². The first-order valence-corrected chi connectivity index (χ1v) is 24.4. The van der Waals surface area contributed by atoms with Crippen LogP contribution in [0.5, 0.6) is 0 Å². The molecule has 6 nitrogen and oxygen atoms in total. The van der Waals surface area contributed by atoms with Crippen LogP contribution in [-0.2, 0) is 4.79 Å². The molecule has 0 aromatic rings. The van der Waals surface area contributed by atoms with E-state index in [1.165, 1.54) is 161 Å². The van der Waals surface area contributed by atoms with Crippen LogP contribution in [0.1, 0.15) is 245 Å². The third-order valence-corrected chi connectivity index (χ3v) is 11.3. The second-order valence-corrected chi connectivity index (χ2v) is 16.8. The van der Waals surface area contributed by atoms with Crippen molar-refractivity contribution in [1.29, 1.82) is 0 Å². The summed E-state index contributed by atoms with van der Waals surface area (Å²) in [6.07, 6.45) is 53.3. The fraction of sp³-hybridized carbons (Fsp3) is 0.860. The molecule has 0 aliphatic heterocycles. The molecule has 4 atom stereocenters. The lowest BCUT2D eigenvalue weighted by Crippen LogP contribution is -2.53. The summed E-state index contributed by atoms with van der Waals surface area (Å²) in [5, 5.41) is 43.7. The van der Waals surface area contributed by atoms with Crippen LogP contribution in [-0.4, -0.2) is 57.3 Å². The molecule has 6 heteroatoms. The summed E-state index contributed by atoms with van der Waals surface area (Å²) in [5.74, 6) is -0.602. The van der Waals surface area contributed by atoms with Crippen LogP contribution >= 0.6 is 0 Å². The SMILES string of the molecule is CCCCCCCC/C=C\CCCCCCCCC(O)C(=O)NC(CO)C(O)C(O)CCC/C=C/CC/C=C/CCCCCCCCCCCCCCCCC. The molecule has 0 saturated carbocycles. The number of nitrogens with one attached hydrogen (secondary N) is 1. The lowest BCUT2D eigenvalue weighted by Gasteiger charge is -2.27. The molecule has 1 amide bonds. The van der Waals surface area contributed by atoms with Gasteiger partial charge in [0.2, 0.25) is 5.91 Å². The summed E-state index contributed by atoms with van der Waals surface area (Å²) in [6, 6.07) is -1.01. The van der Waals surface area contributed by atoms with Crippen molar-refractivity contribution in [2.45, 2.75) is 269 Å². The number of carbonyl (C=O) groups is 1. The molecule has 0 saturated heterocycles. The Hall–Kier alpha value is -1.47. The van der Waals surface area contributed by atoms with Crippen molar-refractivity contribution in [1.82, 2.24) is 5.32 Å². The van der Waals surface area contributed by atoms with Gasteiger partial charge in [0.1, 0.15) is 12.2 Å². The lowest BCUT2D eigenvalue weighted by atomic mass is 10.00. The Morgan fingerprint density at radius 1 is 0.429 bits per heavy atom. The standard InChI is InChI=1S/C50H95NO5/c1-3-5-7-9-11-13-15-17-19-21-22-23-24-25-26-27-28-30-31-33-35-37-39-41-43-47(53)49(55)46(45-52)51-50(56)48(54)44-42-40-38-36-34-32-29-20-18-16-14-12-10-8-6-4-2/h18,20,28,30,35,37,46-49,52-55H,3-17,19,21-27,29,31-34,36,38-45H2,1-2H3,(H,51,56)/b20-18-,30-28+,37-35+. The van der Waals surface area contributed by atoms with E-state index in [-0.39, 0.29) is 0 Å². The Morgan fingerprint density at radius 2 is 0.750 bits per heavy atom. The third kappa shape index (κ3) is 38.1. The van der Waals surface area contributed by atoms with E-state index in [4.69, 9.17) is 0 Å². The molecule has 0 rings (SSSR count). The van der Waals surface area contributed by atoms with Crippen molar-refractivity contribution in [3.63, 3.8) is 0 Å². The molecule has 5 N–H and O–H groups in total. The van der Waals surface area contributed by atoms with E-state index in [2.05, 4.69) is 55.6 Å². The first-order chi connectivity index (χ1) is 27.5. The maximum Gasteiger partial charge on any atom is 0.249 e. The van der Waals surface area contributed by atoms with Gasteiger partial charge in [-0.2, -0.15) is 0 Å². The van der Waals surface area contributed by atoms with E-state index in [0.29, 0.717) is 19.3 Å². The number of amides is 1. The summed E-state index contributed by atoms with van der Waals surface area (Å²) in [6.45, 7) is 4.04. The predicted octanol–water partition coefficient (Wildman–Crippen LogP) is 13.3. The number of hydrogen-bond acceptors (Lipinski definition) is 5. The summed E-state index contributed by atoms with van der Waals surface area (Å²) in [4.78, 5) is 12.5. The van der Waals surface area contributed by atoms with Gasteiger partial charge in [-0.25, -0.2) is 0 Å². The highest BCUT2D eigenvalue weighted by Gasteiger charge is 2.28. The number of rotatable bonds is 44. The fourth-order valence-electron chi connectivity index (χ4n) is 7.42. The highest BCUT2D eigenvalue weighted by molar-refractivity contribution is 5.80. The quantitative estimate of drug-likeness (QED) is 0.0312. The van der Waals surface area contributed by atoms with Crippen molar-refractivity contribution in [2.24, 2.45) is 0 Å². The number of aliphatic hydroxyl groups excluding tert-OH is 4. The second kappa shape index (κ2) is 44.6. The number of hydrogen-bond donors (Lipinski definition) is 5. The molecule has 56 heavy (non-hydrogen) atoms. The zero-order valence-corrected chi connectivity index (χ0v) is 37.1. The van der Waals surface area contributed by atoms with Gasteiger partial charge in [-0.15, -0.1) is 0 Å². The Morgan fingerprint density at radius 3 is 1.12 bits per heavy atom. The van der Waals surface area contributed by atoms with Crippen LogP contribution in [0.4, 0.5) is 0 Å². The monoisotopic (exact) mass is 790 g/mol. The van der Waals surface area contributed by atoms with E-state index >= 15 is 0 Å². The van der Waals surface area contributed by atoms with Gasteiger partial charge in [0.05, 0.1) is 18.8 Å². The van der Waals surface area contributed by atoms with Gasteiger partial charge in [-0.1, -0.05) is 204 Å². The highest BCUT2D eigenvalue weighted by atomic mass is 16.3. The molecule has 0 radical (unpaired) electrons. The Kier molecular flexibility index (Phi) is 43.5. The average Bonchev–Trinajstić information content (AvgIpc) is 3.20. The first kappa shape index (κ1) is 54.5. The second-order valence-electron chi connectivity index (χ2n) is 16.8. The summed E-state index contributed by atoms with van der Waals surface area (Å²) >= 11 is 0. The molecule has 0 fully saturated rings. The number of allylic oxidation sites excluding steroid dienone is 6. The summed E-state index contributed by atoms with van der Waals surface area (Å²) in [5.41, 5.74) is 0. The van der Waals surface area contributed by atoms with Crippen molar-refractivity contribution in [3.8, 4) is 0 Å². The van der Waals surface area contributed by atoms with E-state index in [0.717, 1.165) is 51.4 Å². The minimum atomic E-state index is -1.29. The van der Waals surface area contributed by atoms with Crippen LogP contribution < -0.4 is 5.32 Å². The minimum Gasteiger partial charge on any atom is -0.394 e. The van der Waals surface area contributed by atoms with E-state index < -0.39 is 36.9 Å². The molecule has 0 bridgehead atoms. The van der Waals surface area contributed by atoms with Gasteiger partial charge in [0.25, 0.3) is 0 Å². The molecule has 0 spiro atoms. The summed E-state index contributed by atoms with van der Waals surface area (Å²) < 4.78 is 0. The largest absolute Gasteiger partial charge is 0.394 e. The molecule has 0 aliphatic rings. The maximum absolute atomic E-state index is 12.5. The minimum absolute atomic E-state index is 0.353. The Labute approximate surface area is 347 Å². The third-order valence-electron chi connectivity index (χ3n) is 11.3. The number of unbranched alkanes of at least 4 members (excludes halogenated alkanes) is 29. The zero-order chi connectivity index (χ0) is 41.0. The molecule has 0 aromatic heterocycles. The van der Waals surface area contributed by atoms with E-state index in [1.807, 2.05) is 0 Å². The van der Waals surface area contributed by atoms with Crippen molar-refractivity contribution in [3.05, 3.63) is 36.5 Å². The Bertz CT molecular complexity index is 889.